The molecule has 0 N–H and O–H groups in total. The first-order valence-electron chi connectivity index (χ1n) is 10.1. The van der Waals surface area contributed by atoms with Crippen LogP contribution in [0.5, 0.6) is 5.75 Å². The minimum atomic E-state index is -3.42. The number of methoxy groups -OCH3 is 1. The van der Waals surface area contributed by atoms with E-state index in [0.717, 1.165) is 16.3 Å². The summed E-state index contributed by atoms with van der Waals surface area (Å²) >= 11 is 0. The fraction of sp³-hybridized carbons (Fsp3) is 0.292. The molecule has 0 saturated carbocycles. The third-order valence-electron chi connectivity index (χ3n) is 5.84. The van der Waals surface area contributed by atoms with E-state index >= 15 is 0 Å². The van der Waals surface area contributed by atoms with Crippen LogP contribution in [0.3, 0.4) is 0 Å². The summed E-state index contributed by atoms with van der Waals surface area (Å²) in [5.74, 6) is 0.675. The second kappa shape index (κ2) is 8.48. The topological polar surface area (TPSA) is 63.7 Å². The normalized spacial score (nSPS) is 15.3. The van der Waals surface area contributed by atoms with Crippen LogP contribution < -0.4 is 4.74 Å². The van der Waals surface area contributed by atoms with Crippen LogP contribution >= 0.6 is 0 Å². The van der Waals surface area contributed by atoms with Gasteiger partial charge in [0.1, 0.15) is 5.75 Å². The van der Waals surface area contributed by atoms with E-state index in [9.17, 15) is 13.2 Å². The molecule has 1 saturated heterocycles. The van der Waals surface area contributed by atoms with Crippen LogP contribution in [-0.2, 0) is 21.1 Å². The third-order valence-corrected chi connectivity index (χ3v) is 8.12. The average molecular weight is 424 g/mol. The number of rotatable bonds is 5. The molecule has 1 heterocycles. The van der Waals surface area contributed by atoms with Gasteiger partial charge in [-0.1, -0.05) is 42.5 Å². The zero-order valence-electron chi connectivity index (χ0n) is 17.0. The highest BCUT2D eigenvalue weighted by Gasteiger charge is 2.32. The summed E-state index contributed by atoms with van der Waals surface area (Å²) in [5.41, 5.74) is 1.01. The highest BCUT2D eigenvalue weighted by Crippen LogP contribution is 2.27. The largest absolute Gasteiger partial charge is 0.497 e. The van der Waals surface area contributed by atoms with Crippen molar-refractivity contribution in [2.24, 2.45) is 0 Å². The maximum atomic E-state index is 13.0. The van der Waals surface area contributed by atoms with Gasteiger partial charge in [-0.15, -0.1) is 0 Å². The maximum Gasteiger partial charge on any atom is 0.227 e. The Morgan fingerprint density at radius 1 is 0.967 bits per heavy atom. The Kier molecular flexibility index (Phi) is 5.77. The maximum absolute atomic E-state index is 13.0. The lowest BCUT2D eigenvalue weighted by Gasteiger charge is -2.32. The highest BCUT2D eigenvalue weighted by atomic mass is 32.2. The zero-order valence-corrected chi connectivity index (χ0v) is 17.8. The number of ether oxygens (including phenoxy) is 1. The first-order valence-corrected chi connectivity index (χ1v) is 11.7. The Morgan fingerprint density at radius 3 is 2.33 bits per heavy atom. The molecule has 0 atom stereocenters. The molecule has 3 aromatic rings. The first-order chi connectivity index (χ1) is 14.5. The fourth-order valence-electron chi connectivity index (χ4n) is 4.09. The number of fused-ring (bicyclic) bond motifs is 1. The standard InChI is InChI=1S/C24H25NO4S/c1-29-20-9-11-21(12-10-20)30(27,28)22-13-15-25(16-14-22)24(26)17-19-7-4-6-18-5-2-3-8-23(18)19/h2-12,22H,13-17H2,1H3. The van der Waals surface area contributed by atoms with E-state index in [2.05, 4.69) is 0 Å². The lowest BCUT2D eigenvalue weighted by molar-refractivity contribution is -0.131. The molecule has 0 aliphatic carbocycles. The smallest absolute Gasteiger partial charge is 0.227 e. The number of benzene rings is 3. The quantitative estimate of drug-likeness (QED) is 0.625. The number of hydrogen-bond donors (Lipinski definition) is 0. The van der Waals surface area contributed by atoms with Crippen molar-refractivity contribution in [3.8, 4) is 5.75 Å². The average Bonchev–Trinajstić information content (AvgIpc) is 2.79. The summed E-state index contributed by atoms with van der Waals surface area (Å²) in [5, 5.41) is 1.74. The van der Waals surface area contributed by atoms with Crippen LogP contribution in [0.15, 0.2) is 71.6 Å². The third kappa shape index (κ3) is 4.05. The Morgan fingerprint density at radius 2 is 1.63 bits per heavy atom. The van der Waals surface area contributed by atoms with Crippen molar-refractivity contribution in [3.05, 3.63) is 72.3 Å². The molecule has 0 unspecified atom stereocenters. The van der Waals surface area contributed by atoms with Gasteiger partial charge in [-0.2, -0.15) is 0 Å². The predicted molar refractivity (Wildman–Crippen MR) is 117 cm³/mol. The van der Waals surface area contributed by atoms with E-state index in [-0.39, 0.29) is 5.91 Å². The van der Waals surface area contributed by atoms with Gasteiger partial charge >= 0.3 is 0 Å². The molecule has 0 aromatic heterocycles. The number of amides is 1. The van der Waals surface area contributed by atoms with Crippen molar-refractivity contribution in [1.29, 1.82) is 0 Å². The highest BCUT2D eigenvalue weighted by molar-refractivity contribution is 7.92. The van der Waals surface area contributed by atoms with E-state index < -0.39 is 15.1 Å². The van der Waals surface area contributed by atoms with Gasteiger partial charge in [0.25, 0.3) is 0 Å². The molecule has 0 spiro atoms. The van der Waals surface area contributed by atoms with Crippen molar-refractivity contribution in [1.82, 2.24) is 4.90 Å². The minimum absolute atomic E-state index is 0.0478. The molecular formula is C24H25NO4S. The summed E-state index contributed by atoms with van der Waals surface area (Å²) in [7, 11) is -1.87. The molecule has 5 nitrogen and oxygen atoms in total. The summed E-state index contributed by atoms with van der Waals surface area (Å²) < 4.78 is 31.0. The van der Waals surface area contributed by atoms with E-state index in [0.29, 0.717) is 43.0 Å². The number of nitrogens with zero attached hydrogens (tertiary/aromatic N) is 1. The van der Waals surface area contributed by atoms with Gasteiger partial charge in [-0.3, -0.25) is 4.79 Å². The lowest BCUT2D eigenvalue weighted by atomic mass is 10.0. The molecule has 0 radical (unpaired) electrons. The molecule has 30 heavy (non-hydrogen) atoms. The summed E-state index contributed by atoms with van der Waals surface area (Å²) in [4.78, 5) is 15.0. The van der Waals surface area contributed by atoms with Crippen molar-refractivity contribution in [2.75, 3.05) is 20.2 Å². The van der Waals surface area contributed by atoms with Gasteiger partial charge in [0.05, 0.1) is 23.7 Å². The summed E-state index contributed by atoms with van der Waals surface area (Å²) in [6.07, 6.45) is 1.24. The zero-order chi connectivity index (χ0) is 21.1. The Bertz CT molecular complexity index is 1140. The molecule has 3 aromatic carbocycles. The number of hydrogen-bond acceptors (Lipinski definition) is 4. The SMILES string of the molecule is COc1ccc(S(=O)(=O)C2CCN(C(=O)Cc3cccc4ccccc34)CC2)cc1. The predicted octanol–water partition coefficient (Wildman–Crippen LogP) is 3.86. The van der Waals surface area contributed by atoms with Gasteiger partial charge in [-0.25, -0.2) is 8.42 Å². The van der Waals surface area contributed by atoms with E-state index in [1.54, 1.807) is 36.3 Å². The van der Waals surface area contributed by atoms with Gasteiger partial charge in [-0.05, 0) is 53.4 Å². The Hall–Kier alpha value is -2.86. The lowest BCUT2D eigenvalue weighted by Crippen LogP contribution is -2.43. The number of carbonyl (C=O) groups excluding carboxylic acids is 1. The van der Waals surface area contributed by atoms with Crippen LogP contribution in [0.2, 0.25) is 0 Å². The van der Waals surface area contributed by atoms with Crippen LogP contribution in [0.25, 0.3) is 10.8 Å². The molecule has 1 aliphatic heterocycles. The molecule has 1 fully saturated rings. The van der Waals surface area contributed by atoms with Crippen LogP contribution in [0.1, 0.15) is 18.4 Å². The van der Waals surface area contributed by atoms with Crippen LogP contribution in [0, 0.1) is 0 Å². The van der Waals surface area contributed by atoms with Gasteiger partial charge in [0, 0.05) is 13.1 Å². The second-order valence-electron chi connectivity index (χ2n) is 7.62. The summed E-state index contributed by atoms with van der Waals surface area (Å²) in [6.45, 7) is 0.924. The van der Waals surface area contributed by atoms with Crippen molar-refractivity contribution in [2.45, 2.75) is 29.4 Å². The Labute approximate surface area is 177 Å². The monoisotopic (exact) mass is 423 g/mol. The molecule has 0 bridgehead atoms. The van der Waals surface area contributed by atoms with Gasteiger partial charge in [0.15, 0.2) is 9.84 Å². The molecule has 4 rings (SSSR count). The van der Waals surface area contributed by atoms with E-state index in [1.165, 1.54) is 0 Å². The molecule has 1 amide bonds. The molecular weight excluding hydrogens is 398 g/mol. The number of likely N-dealkylation sites (tertiary alicyclic amines) is 1. The first kappa shape index (κ1) is 20.4. The van der Waals surface area contributed by atoms with E-state index in [4.69, 9.17) is 4.74 Å². The van der Waals surface area contributed by atoms with Crippen molar-refractivity contribution >= 4 is 26.5 Å². The molecule has 6 heteroatoms. The Balaban J connectivity index is 1.41. The number of carbonyl (C=O) groups is 1. The molecule has 1 aliphatic rings. The van der Waals surface area contributed by atoms with Crippen molar-refractivity contribution < 1.29 is 17.9 Å². The van der Waals surface area contributed by atoms with Crippen molar-refractivity contribution in [3.63, 3.8) is 0 Å². The second-order valence-corrected chi connectivity index (χ2v) is 9.84. The van der Waals surface area contributed by atoms with Crippen LogP contribution in [-0.4, -0.2) is 44.7 Å². The van der Waals surface area contributed by atoms with Gasteiger partial charge in [0.2, 0.25) is 5.91 Å². The number of piperidine rings is 1. The number of sulfone groups is 1. The summed E-state index contributed by atoms with van der Waals surface area (Å²) in [6, 6.07) is 20.5. The van der Waals surface area contributed by atoms with Crippen LogP contribution in [0.4, 0.5) is 0 Å². The fourth-order valence-corrected chi connectivity index (χ4v) is 5.83. The molecule has 156 valence electrons. The minimum Gasteiger partial charge on any atom is -0.497 e. The van der Waals surface area contributed by atoms with Gasteiger partial charge < -0.3 is 9.64 Å². The van der Waals surface area contributed by atoms with E-state index in [1.807, 2.05) is 42.5 Å².